The van der Waals surface area contributed by atoms with Gasteiger partial charge >= 0.3 is 5.97 Å². The first-order chi connectivity index (χ1) is 10.0. The molecule has 0 radical (unpaired) electrons. The number of nitrogens with one attached hydrogen (secondary N) is 1. The van der Waals surface area contributed by atoms with Crippen molar-refractivity contribution in [3.05, 3.63) is 11.6 Å². The summed E-state index contributed by atoms with van der Waals surface area (Å²) in [4.78, 5) is 25.1. The summed E-state index contributed by atoms with van der Waals surface area (Å²) in [6.07, 6.45) is 8.10. The van der Waals surface area contributed by atoms with Crippen LogP contribution in [0, 0.1) is 0 Å². The average molecular weight is 296 g/mol. The molecule has 1 N–H and O–H groups in total. The monoisotopic (exact) mass is 296 g/mol. The smallest absolute Gasteiger partial charge is 0.320 e. The van der Waals surface area contributed by atoms with Crippen LogP contribution >= 0.6 is 0 Å². The molecule has 0 spiro atoms. The zero-order valence-electron chi connectivity index (χ0n) is 13.5. The van der Waals surface area contributed by atoms with Crippen LogP contribution in [0.3, 0.4) is 0 Å². The maximum Gasteiger partial charge on any atom is 0.320 e. The summed E-state index contributed by atoms with van der Waals surface area (Å²) in [7, 11) is 1.75. The van der Waals surface area contributed by atoms with Crippen molar-refractivity contribution in [3.8, 4) is 0 Å². The van der Waals surface area contributed by atoms with Gasteiger partial charge in [0.05, 0.1) is 19.2 Å². The van der Waals surface area contributed by atoms with E-state index in [0.29, 0.717) is 13.2 Å². The van der Waals surface area contributed by atoms with Crippen molar-refractivity contribution in [2.75, 3.05) is 26.7 Å². The van der Waals surface area contributed by atoms with Crippen LogP contribution in [-0.4, -0.2) is 49.6 Å². The highest BCUT2D eigenvalue weighted by Crippen LogP contribution is 2.19. The second-order valence-electron chi connectivity index (χ2n) is 5.55. The molecule has 0 aromatic heterocycles. The molecule has 1 amide bonds. The number of allylic oxidation sites excluding steroid dienone is 1. The lowest BCUT2D eigenvalue weighted by atomic mass is 9.97. The number of hydrogen-bond donors (Lipinski definition) is 1. The lowest BCUT2D eigenvalue weighted by molar-refractivity contribution is -0.145. The van der Waals surface area contributed by atoms with E-state index in [-0.39, 0.29) is 24.5 Å². The molecule has 0 aliphatic heterocycles. The molecule has 0 heterocycles. The Morgan fingerprint density at radius 3 is 2.81 bits per heavy atom. The van der Waals surface area contributed by atoms with E-state index < -0.39 is 0 Å². The van der Waals surface area contributed by atoms with Crippen LogP contribution < -0.4 is 5.32 Å². The number of rotatable bonds is 8. The minimum absolute atomic E-state index is 0.0433. The van der Waals surface area contributed by atoms with Crippen molar-refractivity contribution in [1.82, 2.24) is 10.2 Å². The van der Waals surface area contributed by atoms with Gasteiger partial charge in [-0.15, -0.1) is 0 Å². The van der Waals surface area contributed by atoms with Gasteiger partial charge in [-0.05, 0) is 53.0 Å². The minimum atomic E-state index is -0.338. The maximum absolute atomic E-state index is 12.0. The lowest BCUT2D eigenvalue weighted by Crippen LogP contribution is -2.45. The van der Waals surface area contributed by atoms with Crippen LogP contribution in [0.15, 0.2) is 11.6 Å². The van der Waals surface area contributed by atoms with E-state index in [9.17, 15) is 9.59 Å². The van der Waals surface area contributed by atoms with Gasteiger partial charge in [0, 0.05) is 6.54 Å². The zero-order chi connectivity index (χ0) is 15.7. The molecule has 120 valence electrons. The van der Waals surface area contributed by atoms with Gasteiger partial charge in [0.25, 0.3) is 0 Å². The minimum Gasteiger partial charge on any atom is -0.465 e. The first-order valence-electron chi connectivity index (χ1n) is 7.86. The predicted octanol–water partition coefficient (Wildman–Crippen LogP) is 1.88. The van der Waals surface area contributed by atoms with Gasteiger partial charge in [-0.2, -0.15) is 0 Å². The van der Waals surface area contributed by atoms with E-state index in [0.717, 1.165) is 12.8 Å². The second kappa shape index (κ2) is 9.55. The summed E-state index contributed by atoms with van der Waals surface area (Å²) in [6, 6.07) is -0.338. The van der Waals surface area contributed by atoms with Gasteiger partial charge in [-0.25, -0.2) is 0 Å². The summed E-state index contributed by atoms with van der Waals surface area (Å²) in [6.45, 7) is 4.74. The summed E-state index contributed by atoms with van der Waals surface area (Å²) in [5.41, 5.74) is 1.45. The van der Waals surface area contributed by atoms with Gasteiger partial charge in [-0.1, -0.05) is 11.6 Å². The third-order valence-corrected chi connectivity index (χ3v) is 3.85. The van der Waals surface area contributed by atoms with Crippen molar-refractivity contribution in [1.29, 1.82) is 0 Å². The summed E-state index contributed by atoms with van der Waals surface area (Å²) in [5, 5.41) is 2.94. The van der Waals surface area contributed by atoms with Crippen LogP contribution in [0.2, 0.25) is 0 Å². The topological polar surface area (TPSA) is 58.6 Å². The Morgan fingerprint density at radius 2 is 2.19 bits per heavy atom. The highest BCUT2D eigenvalue weighted by molar-refractivity contribution is 5.82. The Balaban J connectivity index is 2.26. The van der Waals surface area contributed by atoms with E-state index >= 15 is 0 Å². The molecule has 0 saturated carbocycles. The molecular formula is C16H28N2O3. The number of ether oxygens (including phenoxy) is 1. The van der Waals surface area contributed by atoms with E-state index in [2.05, 4.69) is 11.4 Å². The van der Waals surface area contributed by atoms with Crippen LogP contribution in [0.25, 0.3) is 0 Å². The number of likely N-dealkylation sites (N-methyl/N-ethyl adjacent to an activating group) is 1. The SMILES string of the molecule is CCOC(=O)CN(C)C(C)C(=O)NCCC1=CCCCC1. The normalized spacial score (nSPS) is 16.3. The third kappa shape index (κ3) is 6.76. The van der Waals surface area contributed by atoms with Crippen molar-refractivity contribution in [2.24, 2.45) is 0 Å². The second-order valence-corrected chi connectivity index (χ2v) is 5.55. The third-order valence-electron chi connectivity index (χ3n) is 3.85. The Morgan fingerprint density at radius 1 is 1.43 bits per heavy atom. The first kappa shape index (κ1) is 17.7. The summed E-state index contributed by atoms with van der Waals surface area (Å²) >= 11 is 0. The van der Waals surface area contributed by atoms with Crippen molar-refractivity contribution < 1.29 is 14.3 Å². The Bertz CT molecular complexity index is 380. The van der Waals surface area contributed by atoms with Gasteiger partial charge < -0.3 is 10.1 Å². The molecule has 0 saturated heterocycles. The number of amides is 1. The fourth-order valence-electron chi connectivity index (χ4n) is 2.37. The van der Waals surface area contributed by atoms with Crippen LogP contribution in [-0.2, 0) is 14.3 Å². The van der Waals surface area contributed by atoms with Gasteiger partial charge in [0.15, 0.2) is 0 Å². The zero-order valence-corrected chi connectivity index (χ0v) is 13.5. The predicted molar refractivity (Wildman–Crippen MR) is 82.9 cm³/mol. The van der Waals surface area contributed by atoms with E-state index in [4.69, 9.17) is 4.74 Å². The van der Waals surface area contributed by atoms with Gasteiger partial charge in [0.2, 0.25) is 5.91 Å². The standard InChI is InChI=1S/C16H28N2O3/c1-4-21-15(19)12-18(3)13(2)16(20)17-11-10-14-8-6-5-7-9-14/h8,13H,4-7,9-12H2,1-3H3,(H,17,20). The lowest BCUT2D eigenvalue weighted by Gasteiger charge is -2.23. The highest BCUT2D eigenvalue weighted by Gasteiger charge is 2.20. The summed E-state index contributed by atoms with van der Waals surface area (Å²) in [5.74, 6) is -0.342. The molecule has 1 unspecified atom stereocenters. The van der Waals surface area contributed by atoms with Crippen molar-refractivity contribution in [3.63, 3.8) is 0 Å². The van der Waals surface area contributed by atoms with Gasteiger partial charge in [-0.3, -0.25) is 14.5 Å². The molecule has 0 aromatic carbocycles. The summed E-state index contributed by atoms with van der Waals surface area (Å²) < 4.78 is 4.88. The fraction of sp³-hybridized carbons (Fsp3) is 0.750. The van der Waals surface area contributed by atoms with E-state index in [1.807, 2.05) is 0 Å². The molecule has 0 fully saturated rings. The number of carbonyl (C=O) groups excluding carboxylic acids is 2. The van der Waals surface area contributed by atoms with E-state index in [1.54, 1.807) is 25.8 Å². The molecule has 5 nitrogen and oxygen atoms in total. The Labute approximate surface area is 127 Å². The largest absolute Gasteiger partial charge is 0.465 e. The first-order valence-corrected chi connectivity index (χ1v) is 7.86. The van der Waals surface area contributed by atoms with Crippen LogP contribution in [0.4, 0.5) is 0 Å². The molecule has 5 heteroatoms. The number of nitrogens with zero attached hydrogens (tertiary/aromatic N) is 1. The molecular weight excluding hydrogens is 268 g/mol. The number of hydrogen-bond acceptors (Lipinski definition) is 4. The molecule has 1 rings (SSSR count). The van der Waals surface area contributed by atoms with Gasteiger partial charge in [0.1, 0.15) is 0 Å². The molecule has 1 aliphatic carbocycles. The number of esters is 1. The quantitative estimate of drug-likeness (QED) is 0.549. The molecule has 0 bridgehead atoms. The van der Waals surface area contributed by atoms with Crippen LogP contribution in [0.5, 0.6) is 0 Å². The van der Waals surface area contributed by atoms with Crippen molar-refractivity contribution in [2.45, 2.75) is 52.0 Å². The molecule has 1 aliphatic rings. The Kier molecular flexibility index (Phi) is 8.05. The number of carbonyl (C=O) groups is 2. The van der Waals surface area contributed by atoms with Crippen molar-refractivity contribution >= 4 is 11.9 Å². The maximum atomic E-state index is 12.0. The fourth-order valence-corrected chi connectivity index (χ4v) is 2.37. The Hall–Kier alpha value is -1.36. The average Bonchev–Trinajstić information content (AvgIpc) is 2.47. The molecule has 21 heavy (non-hydrogen) atoms. The highest BCUT2D eigenvalue weighted by atomic mass is 16.5. The van der Waals surface area contributed by atoms with E-state index in [1.165, 1.54) is 24.8 Å². The molecule has 0 aromatic rings. The molecule has 1 atom stereocenters. The van der Waals surface area contributed by atoms with Crippen LogP contribution in [0.1, 0.15) is 46.0 Å².